The largest absolute Gasteiger partial charge is 0.464 e. The van der Waals surface area contributed by atoms with Gasteiger partial charge in [0.05, 0.1) is 6.61 Å². The summed E-state index contributed by atoms with van der Waals surface area (Å²) < 4.78 is 10.8. The number of fused-ring (bicyclic) bond motifs is 4. The van der Waals surface area contributed by atoms with Crippen molar-refractivity contribution in [2.45, 2.75) is 89.4 Å². The van der Waals surface area contributed by atoms with Crippen LogP contribution in [0.25, 0.3) is 0 Å². The van der Waals surface area contributed by atoms with E-state index in [0.29, 0.717) is 25.9 Å². The van der Waals surface area contributed by atoms with Crippen LogP contribution in [0.2, 0.25) is 0 Å². The number of esters is 1. The molecule has 0 bridgehead atoms. The second-order valence-electron chi connectivity index (χ2n) is 11.8. The highest BCUT2D eigenvalue weighted by atomic mass is 16.6. The minimum Gasteiger partial charge on any atom is -0.464 e. The van der Waals surface area contributed by atoms with Crippen LogP contribution >= 0.6 is 0 Å². The Morgan fingerprint density at radius 1 is 1.19 bits per heavy atom. The monoisotopic (exact) mass is 518 g/mol. The number of hydrogen-bond acceptors (Lipinski definition) is 7. The molecule has 10 heteroatoms. The third kappa shape index (κ3) is 6.10. The summed E-state index contributed by atoms with van der Waals surface area (Å²) in [5, 5.41) is 9.14. The predicted molar refractivity (Wildman–Crippen MR) is 136 cm³/mol. The fourth-order valence-corrected chi connectivity index (χ4v) is 5.94. The Bertz CT molecular complexity index is 930. The maximum absolute atomic E-state index is 13.9. The molecule has 4 rings (SSSR count). The van der Waals surface area contributed by atoms with Gasteiger partial charge in [-0.15, -0.1) is 0 Å². The van der Waals surface area contributed by atoms with Crippen LogP contribution in [0.3, 0.4) is 0 Å². The lowest BCUT2D eigenvalue weighted by molar-refractivity contribution is -0.150. The number of nitrogens with zero attached hydrogens (tertiary/aromatic N) is 1. The summed E-state index contributed by atoms with van der Waals surface area (Å²) in [4.78, 5) is 54.9. The Hall–Kier alpha value is -2.62. The Labute approximate surface area is 219 Å². The molecule has 3 heterocycles. The van der Waals surface area contributed by atoms with Crippen LogP contribution in [0.5, 0.6) is 0 Å². The molecule has 0 radical (unpaired) electrons. The molecule has 10 nitrogen and oxygen atoms in total. The van der Waals surface area contributed by atoms with Crippen molar-refractivity contribution in [3.8, 4) is 0 Å². The van der Waals surface area contributed by atoms with E-state index in [1.807, 2.05) is 6.08 Å². The van der Waals surface area contributed by atoms with Gasteiger partial charge >= 0.3 is 12.1 Å². The van der Waals surface area contributed by atoms with E-state index < -0.39 is 35.3 Å². The Morgan fingerprint density at radius 2 is 1.97 bits per heavy atom. The number of carbonyl (C=O) groups is 4. The normalized spacial score (nSPS) is 35.1. The van der Waals surface area contributed by atoms with Crippen molar-refractivity contribution in [3.05, 3.63) is 12.2 Å². The van der Waals surface area contributed by atoms with E-state index in [0.717, 1.165) is 32.2 Å². The molecular weight excluding hydrogens is 476 g/mol. The minimum atomic E-state index is -1.09. The first-order valence-corrected chi connectivity index (χ1v) is 13.7. The average molecular weight is 519 g/mol. The van der Waals surface area contributed by atoms with Gasteiger partial charge in [0.25, 0.3) is 0 Å². The molecule has 3 N–H and O–H groups in total. The van der Waals surface area contributed by atoms with Gasteiger partial charge in [-0.1, -0.05) is 25.0 Å². The molecule has 2 saturated heterocycles. The van der Waals surface area contributed by atoms with E-state index in [-0.39, 0.29) is 36.2 Å². The zero-order chi connectivity index (χ0) is 26.8. The quantitative estimate of drug-likeness (QED) is 0.385. The number of alkyl carbamates (subject to hydrolysis) is 1. The Morgan fingerprint density at radius 3 is 2.70 bits per heavy atom. The van der Waals surface area contributed by atoms with Crippen molar-refractivity contribution in [2.24, 2.45) is 17.8 Å². The van der Waals surface area contributed by atoms with E-state index in [9.17, 15) is 19.2 Å². The molecule has 6 atom stereocenters. The fraction of sp³-hybridized carbons (Fsp3) is 0.778. The first-order chi connectivity index (χ1) is 17.6. The molecule has 1 aliphatic carbocycles. The van der Waals surface area contributed by atoms with Gasteiger partial charge in [-0.2, -0.15) is 0 Å². The molecule has 206 valence electrons. The summed E-state index contributed by atoms with van der Waals surface area (Å²) >= 11 is 0. The van der Waals surface area contributed by atoms with Crippen LogP contribution in [0.1, 0.15) is 66.2 Å². The third-order valence-corrected chi connectivity index (χ3v) is 7.84. The van der Waals surface area contributed by atoms with E-state index in [1.54, 1.807) is 32.6 Å². The maximum Gasteiger partial charge on any atom is 0.408 e. The number of carbonyl (C=O) groups excluding carboxylic acids is 4. The van der Waals surface area contributed by atoms with Crippen molar-refractivity contribution in [2.75, 3.05) is 26.2 Å². The fourth-order valence-electron chi connectivity index (χ4n) is 5.94. The third-order valence-electron chi connectivity index (χ3n) is 7.84. The number of allylic oxidation sites excluding steroid dienone is 1. The Kier molecular flexibility index (Phi) is 8.16. The second kappa shape index (κ2) is 11.0. The first kappa shape index (κ1) is 27.4. The summed E-state index contributed by atoms with van der Waals surface area (Å²) in [5.41, 5.74) is -1.78. The summed E-state index contributed by atoms with van der Waals surface area (Å²) in [6.45, 7) is 9.07. The van der Waals surface area contributed by atoms with E-state index in [2.05, 4.69) is 22.0 Å². The molecule has 0 aromatic carbocycles. The van der Waals surface area contributed by atoms with E-state index in [4.69, 9.17) is 9.47 Å². The predicted octanol–water partition coefficient (Wildman–Crippen LogP) is 1.88. The Balaban J connectivity index is 1.61. The highest BCUT2D eigenvalue weighted by Gasteiger charge is 2.63. The molecule has 0 aromatic rings. The number of nitrogens with one attached hydrogen (secondary N) is 3. The highest BCUT2D eigenvalue weighted by molar-refractivity contribution is 5.96. The van der Waals surface area contributed by atoms with Crippen LogP contribution in [-0.2, 0) is 23.9 Å². The highest BCUT2D eigenvalue weighted by Crippen LogP contribution is 2.46. The molecule has 0 aromatic heterocycles. The topological polar surface area (TPSA) is 126 Å². The van der Waals surface area contributed by atoms with Crippen molar-refractivity contribution < 1.29 is 28.7 Å². The van der Waals surface area contributed by atoms with Gasteiger partial charge in [0.2, 0.25) is 11.8 Å². The maximum atomic E-state index is 13.9. The van der Waals surface area contributed by atoms with Gasteiger partial charge in [0, 0.05) is 31.5 Å². The molecule has 3 aliphatic heterocycles. The molecule has 3 fully saturated rings. The molecule has 3 amide bonds. The van der Waals surface area contributed by atoms with Crippen LogP contribution in [0, 0.1) is 17.8 Å². The van der Waals surface area contributed by atoms with E-state index >= 15 is 0 Å². The van der Waals surface area contributed by atoms with Crippen molar-refractivity contribution in [1.29, 1.82) is 0 Å². The number of rotatable bonds is 3. The SMILES string of the molecule is CCOC(=O)[C@@]12CC1/C=C\CCCCC[C@H](NC(=O)OC(C)(C)C)C(=O)N1C[C@@H]3CNC[C@@H]3[C@H]1C(=O)N2. The summed E-state index contributed by atoms with van der Waals surface area (Å²) in [7, 11) is 0. The lowest BCUT2D eigenvalue weighted by Crippen LogP contribution is -2.58. The van der Waals surface area contributed by atoms with Crippen molar-refractivity contribution in [3.63, 3.8) is 0 Å². The molecule has 37 heavy (non-hydrogen) atoms. The minimum absolute atomic E-state index is 0.0613. The molecule has 1 unspecified atom stereocenters. The number of ether oxygens (including phenoxy) is 2. The van der Waals surface area contributed by atoms with Gasteiger partial charge in [0.1, 0.15) is 23.2 Å². The number of amides is 3. The molecule has 0 spiro atoms. The standard InChI is InChI=1S/C27H42N4O6/c1-5-36-24(34)27-13-18(27)11-9-7-6-8-10-12-20(29-25(35)37-26(2,3)4)23(33)31-16-17-14-28-15-19(17)21(31)22(32)30-27/h9,11,17-21,28H,5-8,10,12-16H2,1-4H3,(H,29,35)(H,30,32)/b11-9-/t17-,18?,19-,20-,21-,27+/m0/s1. The smallest absolute Gasteiger partial charge is 0.408 e. The molecule has 4 aliphatic rings. The molecular formula is C27H42N4O6. The first-order valence-electron chi connectivity index (χ1n) is 13.7. The lowest BCUT2D eigenvalue weighted by atomic mass is 9.93. The van der Waals surface area contributed by atoms with Crippen LogP contribution < -0.4 is 16.0 Å². The van der Waals surface area contributed by atoms with E-state index in [1.165, 1.54) is 0 Å². The van der Waals surface area contributed by atoms with Crippen molar-refractivity contribution in [1.82, 2.24) is 20.9 Å². The van der Waals surface area contributed by atoms with Gasteiger partial charge in [0.15, 0.2) is 0 Å². The van der Waals surface area contributed by atoms with Crippen LogP contribution in [0.15, 0.2) is 12.2 Å². The summed E-state index contributed by atoms with van der Waals surface area (Å²) in [6, 6.07) is -1.51. The second-order valence-corrected chi connectivity index (χ2v) is 11.8. The number of hydrogen-bond donors (Lipinski definition) is 3. The molecule has 1 saturated carbocycles. The van der Waals surface area contributed by atoms with Gasteiger partial charge in [-0.25, -0.2) is 9.59 Å². The average Bonchev–Trinajstić information content (AvgIpc) is 3.12. The van der Waals surface area contributed by atoms with Crippen LogP contribution in [0.4, 0.5) is 4.79 Å². The zero-order valence-electron chi connectivity index (χ0n) is 22.5. The summed E-state index contributed by atoms with van der Waals surface area (Å²) in [5.74, 6) is -1.08. The summed E-state index contributed by atoms with van der Waals surface area (Å²) in [6.07, 6.45) is 7.82. The zero-order valence-corrected chi connectivity index (χ0v) is 22.5. The van der Waals surface area contributed by atoms with Gasteiger partial charge in [-0.3, -0.25) is 9.59 Å². The van der Waals surface area contributed by atoms with Gasteiger partial charge in [-0.05, 0) is 59.3 Å². The lowest BCUT2D eigenvalue weighted by Gasteiger charge is -2.32. The van der Waals surface area contributed by atoms with Gasteiger partial charge < -0.3 is 30.3 Å². The van der Waals surface area contributed by atoms with Crippen molar-refractivity contribution >= 4 is 23.9 Å². The van der Waals surface area contributed by atoms with Crippen LogP contribution in [-0.4, -0.2) is 78.2 Å².